The number of ether oxygens (including phenoxy) is 1. The molecule has 0 aliphatic carbocycles. The first-order chi connectivity index (χ1) is 21.1. The Morgan fingerprint density at radius 1 is 0.347 bits per heavy atom. The molecule has 0 aliphatic rings. The van der Waals surface area contributed by atoms with Crippen LogP contribution in [0.15, 0.2) is 25.3 Å². The van der Waals surface area contributed by atoms with Gasteiger partial charge in [0.05, 0.1) is 12.2 Å². The Balaban J connectivity index is 6.76. The summed E-state index contributed by atoms with van der Waals surface area (Å²) in [6.07, 6.45) is -31.9. The second-order valence-electron chi connectivity index (χ2n) is 9.84. The zero-order chi connectivity index (χ0) is 40.1. The highest BCUT2D eigenvalue weighted by atomic mass is 19.4. The fraction of sp³-hybridized carbons (Fsp3) is 0.818. The molecule has 2 unspecified atom stereocenters. The molecule has 1 nitrogen and oxygen atoms in total. The maximum atomic E-state index is 14.3. The fourth-order valence-corrected chi connectivity index (χ4v) is 3.45. The predicted octanol–water partition coefficient (Wildman–Crippen LogP) is 11.2. The van der Waals surface area contributed by atoms with Gasteiger partial charge < -0.3 is 4.74 Å². The Bertz CT molecular complexity index is 1060. The summed E-state index contributed by atoms with van der Waals surface area (Å²) < 4.78 is 352. The van der Waals surface area contributed by atoms with E-state index >= 15 is 0 Å². The van der Waals surface area contributed by atoms with E-state index in [9.17, 15) is 114 Å². The second-order valence-corrected chi connectivity index (χ2v) is 9.84. The van der Waals surface area contributed by atoms with E-state index in [0.29, 0.717) is 0 Å². The van der Waals surface area contributed by atoms with Crippen LogP contribution in [0.3, 0.4) is 0 Å². The maximum absolute atomic E-state index is 14.3. The molecule has 49 heavy (non-hydrogen) atoms. The van der Waals surface area contributed by atoms with Crippen molar-refractivity contribution < 1.29 is 119 Å². The van der Waals surface area contributed by atoms with Gasteiger partial charge in [0.15, 0.2) is 0 Å². The average molecular weight is 790 g/mol. The summed E-state index contributed by atoms with van der Waals surface area (Å²) in [6.45, 7) is 5.34. The highest BCUT2D eigenvalue weighted by Gasteiger charge is 2.92. The van der Waals surface area contributed by atoms with Gasteiger partial charge in [-0.25, -0.2) is 0 Å². The summed E-state index contributed by atoms with van der Waals surface area (Å²) in [5.41, 5.74) is 0. The Morgan fingerprint density at radius 3 is 0.735 bits per heavy atom. The molecule has 0 bridgehead atoms. The van der Waals surface area contributed by atoms with Crippen molar-refractivity contribution in [3.05, 3.63) is 25.3 Å². The van der Waals surface area contributed by atoms with Gasteiger partial charge in [-0.3, -0.25) is 0 Å². The van der Waals surface area contributed by atoms with Crippen molar-refractivity contribution >= 4 is 0 Å². The maximum Gasteiger partial charge on any atom is 0.460 e. The molecule has 2 atom stereocenters. The molecule has 0 saturated heterocycles. The fourth-order valence-electron chi connectivity index (χ4n) is 3.45. The number of rotatable bonds is 18. The van der Waals surface area contributed by atoms with Crippen LogP contribution >= 0.6 is 0 Å². The molecule has 0 N–H and O–H groups in total. The van der Waals surface area contributed by atoms with Crippen LogP contribution < -0.4 is 0 Å². The van der Waals surface area contributed by atoms with E-state index in [1.54, 1.807) is 0 Å². The van der Waals surface area contributed by atoms with E-state index in [2.05, 4.69) is 17.9 Å². The van der Waals surface area contributed by atoms with Crippen molar-refractivity contribution in [2.75, 3.05) is 0 Å². The normalized spacial score (nSPS) is 17.2. The van der Waals surface area contributed by atoms with Crippen molar-refractivity contribution in [2.45, 2.75) is 109 Å². The molecule has 0 aliphatic heterocycles. The smallest absolute Gasteiger partial charge is 0.374 e. The standard InChI is InChI=1S/C22H16F26O/c1-3-5-9(7-11(23,24)13(27,28)15(31,32)17(35,36)19(39,40)21(43,44)45)49-10(6-4-2)8-12(25,26)14(29,30)16(33,34)18(37,38)20(41,42)22(46,47)48/h3-4,9-10H,1-2,5-8H2. The molecule has 0 saturated carbocycles. The molecule has 0 heterocycles. The molecule has 0 radical (unpaired) electrons. The summed E-state index contributed by atoms with van der Waals surface area (Å²) in [5, 5.41) is 0. The minimum Gasteiger partial charge on any atom is -0.374 e. The Hall–Kier alpha value is -2.38. The number of hydrogen-bond acceptors (Lipinski definition) is 1. The molecule has 0 aromatic rings. The van der Waals surface area contributed by atoms with Crippen LogP contribution in [-0.4, -0.2) is 83.8 Å². The molecular weight excluding hydrogens is 774 g/mol. The zero-order valence-electron chi connectivity index (χ0n) is 22.8. The Labute approximate surface area is 254 Å². The second kappa shape index (κ2) is 13.3. The molecule has 0 fully saturated rings. The van der Waals surface area contributed by atoms with Crippen LogP contribution in [0, 0.1) is 0 Å². The zero-order valence-corrected chi connectivity index (χ0v) is 22.8. The van der Waals surface area contributed by atoms with Gasteiger partial charge in [0.25, 0.3) is 0 Å². The summed E-state index contributed by atoms with van der Waals surface area (Å²) in [6, 6.07) is 0. The summed E-state index contributed by atoms with van der Waals surface area (Å²) in [5.74, 6) is -79.8. The van der Waals surface area contributed by atoms with Gasteiger partial charge in [0.1, 0.15) is 0 Å². The van der Waals surface area contributed by atoms with E-state index in [-0.39, 0.29) is 12.2 Å². The largest absolute Gasteiger partial charge is 0.460 e. The number of alkyl halides is 26. The lowest BCUT2D eigenvalue weighted by molar-refractivity contribution is -0.441. The molecule has 0 rings (SSSR count). The monoisotopic (exact) mass is 790 g/mol. The van der Waals surface area contributed by atoms with Gasteiger partial charge in [0, 0.05) is 12.8 Å². The van der Waals surface area contributed by atoms with Gasteiger partial charge in [-0.05, 0) is 12.8 Å². The first-order valence-corrected chi connectivity index (χ1v) is 11.9. The minimum absolute atomic E-state index is 0.148. The SMILES string of the molecule is C=CCC(CC(F)(F)C(F)(F)C(F)(F)C(F)(F)C(F)(F)C(F)(F)F)OC(CC=C)CC(F)(F)C(F)(F)C(F)(F)C(F)(F)C(F)(F)C(F)(F)F. The predicted molar refractivity (Wildman–Crippen MR) is 109 cm³/mol. The van der Waals surface area contributed by atoms with Gasteiger partial charge >= 0.3 is 71.6 Å². The van der Waals surface area contributed by atoms with Gasteiger partial charge in [0.2, 0.25) is 0 Å². The van der Waals surface area contributed by atoms with E-state index in [0.717, 1.165) is 0 Å². The minimum atomic E-state index is -8.39. The molecule has 292 valence electrons. The highest BCUT2D eigenvalue weighted by Crippen LogP contribution is 2.62. The lowest BCUT2D eigenvalue weighted by atomic mass is 9.90. The van der Waals surface area contributed by atoms with E-state index < -0.39 is 109 Å². The first-order valence-electron chi connectivity index (χ1n) is 11.9. The van der Waals surface area contributed by atoms with Crippen molar-refractivity contribution in [3.63, 3.8) is 0 Å². The molecular formula is C22H16F26O. The van der Waals surface area contributed by atoms with Crippen LogP contribution in [0.5, 0.6) is 0 Å². The Morgan fingerprint density at radius 2 is 0.551 bits per heavy atom. The van der Waals surface area contributed by atoms with Crippen molar-refractivity contribution in [3.8, 4) is 0 Å². The number of hydrogen-bond donors (Lipinski definition) is 0. The van der Waals surface area contributed by atoms with E-state index in [1.165, 1.54) is 0 Å². The third-order valence-electron chi connectivity index (χ3n) is 6.21. The number of halogens is 26. The molecule has 0 amide bonds. The van der Waals surface area contributed by atoms with E-state index in [4.69, 9.17) is 0 Å². The van der Waals surface area contributed by atoms with Gasteiger partial charge in [-0.2, -0.15) is 114 Å². The van der Waals surface area contributed by atoms with Crippen molar-refractivity contribution in [1.82, 2.24) is 0 Å². The molecule has 0 aromatic carbocycles. The van der Waals surface area contributed by atoms with Crippen molar-refractivity contribution in [2.24, 2.45) is 0 Å². The first kappa shape index (κ1) is 46.6. The van der Waals surface area contributed by atoms with Crippen LogP contribution in [0.2, 0.25) is 0 Å². The van der Waals surface area contributed by atoms with Crippen LogP contribution in [0.1, 0.15) is 25.7 Å². The molecule has 27 heteroatoms. The van der Waals surface area contributed by atoms with Crippen LogP contribution in [0.25, 0.3) is 0 Å². The molecule has 0 aromatic heterocycles. The summed E-state index contributed by atoms with van der Waals surface area (Å²) in [7, 11) is 0. The Kier molecular flexibility index (Phi) is 12.7. The third kappa shape index (κ3) is 7.49. The van der Waals surface area contributed by atoms with Gasteiger partial charge in [-0.1, -0.05) is 12.2 Å². The lowest BCUT2D eigenvalue weighted by Crippen LogP contribution is -2.70. The van der Waals surface area contributed by atoms with E-state index in [1.807, 2.05) is 0 Å². The lowest BCUT2D eigenvalue weighted by Gasteiger charge is -2.41. The van der Waals surface area contributed by atoms with Crippen LogP contribution in [0.4, 0.5) is 114 Å². The quantitative estimate of drug-likeness (QED) is 0.0993. The highest BCUT2D eigenvalue weighted by molar-refractivity contribution is 5.12. The van der Waals surface area contributed by atoms with Gasteiger partial charge in [-0.15, -0.1) is 13.2 Å². The molecule has 0 spiro atoms. The summed E-state index contributed by atoms with van der Waals surface area (Å²) >= 11 is 0. The summed E-state index contributed by atoms with van der Waals surface area (Å²) in [4.78, 5) is 0. The topological polar surface area (TPSA) is 9.23 Å². The third-order valence-corrected chi connectivity index (χ3v) is 6.21. The van der Waals surface area contributed by atoms with Crippen molar-refractivity contribution in [1.29, 1.82) is 0 Å². The average Bonchev–Trinajstić information content (AvgIpc) is 2.86. The van der Waals surface area contributed by atoms with Crippen LogP contribution in [-0.2, 0) is 4.74 Å².